The summed E-state index contributed by atoms with van der Waals surface area (Å²) < 4.78 is 25.3. The molecule has 1 aliphatic heterocycles. The van der Waals surface area contributed by atoms with Gasteiger partial charge in [0.2, 0.25) is 0 Å². The second-order valence-electron chi connectivity index (χ2n) is 5.82. The zero-order valence-corrected chi connectivity index (χ0v) is 14.8. The SMILES string of the molecule is NC(=NCc1nccc(C(F)F)n1)N1CCN(c2ccc(Cl)cc2)CC1. The predicted molar refractivity (Wildman–Crippen MR) is 97.6 cm³/mol. The van der Waals surface area contributed by atoms with E-state index in [9.17, 15) is 8.78 Å². The molecule has 0 unspecified atom stereocenters. The van der Waals surface area contributed by atoms with Crippen LogP contribution < -0.4 is 10.6 Å². The maximum Gasteiger partial charge on any atom is 0.280 e. The summed E-state index contributed by atoms with van der Waals surface area (Å²) in [6.07, 6.45) is -1.32. The van der Waals surface area contributed by atoms with Crippen LogP contribution in [0.3, 0.4) is 0 Å². The van der Waals surface area contributed by atoms with Crippen molar-refractivity contribution in [3.8, 4) is 0 Å². The lowest BCUT2D eigenvalue weighted by Crippen LogP contribution is -2.51. The third kappa shape index (κ3) is 4.57. The summed E-state index contributed by atoms with van der Waals surface area (Å²) in [7, 11) is 0. The number of halogens is 3. The standard InChI is InChI=1S/C17H19ClF2N6/c18-12-1-3-13(4-2-12)25-7-9-26(10-8-25)17(21)23-11-15-22-6-5-14(24-15)16(19)20/h1-6,16H,7-11H2,(H2,21,23). The molecule has 0 saturated carbocycles. The van der Waals surface area contributed by atoms with E-state index in [0.717, 1.165) is 31.9 Å². The van der Waals surface area contributed by atoms with Crippen LogP contribution >= 0.6 is 11.6 Å². The van der Waals surface area contributed by atoms with E-state index in [0.29, 0.717) is 11.0 Å². The van der Waals surface area contributed by atoms with Crippen molar-refractivity contribution in [2.45, 2.75) is 13.0 Å². The number of alkyl halides is 2. The highest BCUT2D eigenvalue weighted by Crippen LogP contribution is 2.19. The van der Waals surface area contributed by atoms with Crippen LogP contribution in [0.15, 0.2) is 41.5 Å². The number of hydrogen-bond donors (Lipinski definition) is 1. The number of hydrogen-bond acceptors (Lipinski definition) is 4. The quantitative estimate of drug-likeness (QED) is 0.652. The molecule has 9 heteroatoms. The Labute approximate surface area is 155 Å². The van der Waals surface area contributed by atoms with Gasteiger partial charge >= 0.3 is 0 Å². The summed E-state index contributed by atoms with van der Waals surface area (Å²) in [6.45, 7) is 3.11. The van der Waals surface area contributed by atoms with Crippen molar-refractivity contribution in [1.82, 2.24) is 14.9 Å². The van der Waals surface area contributed by atoms with Gasteiger partial charge in [-0.05, 0) is 30.3 Å². The third-order valence-corrected chi connectivity index (χ3v) is 4.38. The van der Waals surface area contributed by atoms with E-state index in [1.807, 2.05) is 29.2 Å². The van der Waals surface area contributed by atoms with E-state index < -0.39 is 6.43 Å². The van der Waals surface area contributed by atoms with Gasteiger partial charge in [0.25, 0.3) is 6.43 Å². The molecule has 2 N–H and O–H groups in total. The first-order valence-electron chi connectivity index (χ1n) is 8.18. The van der Waals surface area contributed by atoms with E-state index in [-0.39, 0.29) is 18.1 Å². The van der Waals surface area contributed by atoms with Crippen molar-refractivity contribution in [3.63, 3.8) is 0 Å². The topological polar surface area (TPSA) is 70.6 Å². The van der Waals surface area contributed by atoms with E-state index in [4.69, 9.17) is 17.3 Å². The molecule has 1 aromatic heterocycles. The summed E-state index contributed by atoms with van der Waals surface area (Å²) in [5.41, 5.74) is 6.84. The molecule has 2 aromatic rings. The lowest BCUT2D eigenvalue weighted by Gasteiger charge is -2.36. The largest absolute Gasteiger partial charge is 0.370 e. The maximum atomic E-state index is 12.7. The lowest BCUT2D eigenvalue weighted by atomic mass is 10.2. The van der Waals surface area contributed by atoms with Gasteiger partial charge in [-0.3, -0.25) is 0 Å². The Morgan fingerprint density at radius 3 is 2.50 bits per heavy atom. The van der Waals surface area contributed by atoms with Crippen LogP contribution in [-0.4, -0.2) is 47.0 Å². The van der Waals surface area contributed by atoms with E-state index in [1.165, 1.54) is 12.3 Å². The van der Waals surface area contributed by atoms with Crippen LogP contribution in [0.2, 0.25) is 5.02 Å². The molecule has 26 heavy (non-hydrogen) atoms. The molecule has 0 spiro atoms. The van der Waals surface area contributed by atoms with Gasteiger partial charge in [0.15, 0.2) is 5.96 Å². The number of guanidine groups is 1. The Kier molecular flexibility index (Phi) is 5.82. The molecule has 2 heterocycles. The molecule has 138 valence electrons. The lowest BCUT2D eigenvalue weighted by molar-refractivity contribution is 0.145. The Morgan fingerprint density at radius 2 is 1.85 bits per heavy atom. The highest BCUT2D eigenvalue weighted by atomic mass is 35.5. The summed E-state index contributed by atoms with van der Waals surface area (Å²) >= 11 is 5.92. The second kappa shape index (κ2) is 8.27. The van der Waals surface area contributed by atoms with Crippen molar-refractivity contribution in [2.24, 2.45) is 10.7 Å². The molecular formula is C17H19ClF2N6. The van der Waals surface area contributed by atoms with Crippen molar-refractivity contribution >= 4 is 23.2 Å². The summed E-state index contributed by atoms with van der Waals surface area (Å²) in [5, 5.41) is 0.710. The van der Waals surface area contributed by atoms with Gasteiger partial charge in [-0.2, -0.15) is 0 Å². The number of rotatable bonds is 4. The zero-order chi connectivity index (χ0) is 18.5. The number of benzene rings is 1. The maximum absolute atomic E-state index is 12.7. The van der Waals surface area contributed by atoms with Gasteiger partial charge in [-0.15, -0.1) is 0 Å². The highest BCUT2D eigenvalue weighted by molar-refractivity contribution is 6.30. The molecule has 0 atom stereocenters. The van der Waals surface area contributed by atoms with Crippen molar-refractivity contribution in [2.75, 3.05) is 31.1 Å². The minimum atomic E-state index is -2.63. The number of anilines is 1. The average molecular weight is 381 g/mol. The molecule has 1 aliphatic rings. The number of nitrogens with zero attached hydrogens (tertiary/aromatic N) is 5. The number of aromatic nitrogens is 2. The second-order valence-corrected chi connectivity index (χ2v) is 6.26. The van der Waals surface area contributed by atoms with E-state index in [1.54, 1.807) is 0 Å². The van der Waals surface area contributed by atoms with Crippen LogP contribution in [0.4, 0.5) is 14.5 Å². The van der Waals surface area contributed by atoms with Crippen molar-refractivity contribution < 1.29 is 8.78 Å². The van der Waals surface area contributed by atoms with Gasteiger partial charge in [0.05, 0.1) is 0 Å². The van der Waals surface area contributed by atoms with Crippen LogP contribution in [0.25, 0.3) is 0 Å². The average Bonchev–Trinajstić information content (AvgIpc) is 2.67. The van der Waals surface area contributed by atoms with Gasteiger partial charge in [-0.25, -0.2) is 23.7 Å². The van der Waals surface area contributed by atoms with Crippen LogP contribution in [0, 0.1) is 0 Å². The Bertz CT molecular complexity index is 760. The van der Waals surface area contributed by atoms with E-state index >= 15 is 0 Å². The molecular weight excluding hydrogens is 362 g/mol. The first kappa shape index (κ1) is 18.3. The van der Waals surface area contributed by atoms with Crippen molar-refractivity contribution in [3.05, 3.63) is 53.1 Å². The number of aliphatic imine (C=N–C) groups is 1. The van der Waals surface area contributed by atoms with Gasteiger partial charge < -0.3 is 15.5 Å². The number of nitrogens with two attached hydrogens (primary N) is 1. The Hall–Kier alpha value is -2.48. The normalized spacial score (nSPS) is 15.6. The minimum absolute atomic E-state index is 0.0732. The third-order valence-electron chi connectivity index (χ3n) is 4.13. The minimum Gasteiger partial charge on any atom is -0.370 e. The summed E-state index contributed by atoms with van der Waals surface area (Å²) in [5.74, 6) is 0.595. The molecule has 3 rings (SSSR count). The Morgan fingerprint density at radius 1 is 1.15 bits per heavy atom. The van der Waals surface area contributed by atoms with E-state index in [2.05, 4.69) is 19.9 Å². The molecule has 6 nitrogen and oxygen atoms in total. The molecule has 0 radical (unpaired) electrons. The van der Waals surface area contributed by atoms with Crippen LogP contribution in [0.5, 0.6) is 0 Å². The molecule has 0 amide bonds. The zero-order valence-electron chi connectivity index (χ0n) is 14.0. The molecule has 1 aromatic carbocycles. The number of piperazine rings is 1. The Balaban J connectivity index is 1.56. The van der Waals surface area contributed by atoms with Crippen molar-refractivity contribution in [1.29, 1.82) is 0 Å². The fourth-order valence-corrected chi connectivity index (χ4v) is 2.84. The van der Waals surface area contributed by atoms with Gasteiger partial charge in [-0.1, -0.05) is 11.6 Å². The molecule has 1 fully saturated rings. The summed E-state index contributed by atoms with van der Waals surface area (Å²) in [4.78, 5) is 16.2. The van der Waals surface area contributed by atoms with Gasteiger partial charge in [0.1, 0.15) is 18.1 Å². The predicted octanol–water partition coefficient (Wildman–Crippen LogP) is 2.70. The van der Waals surface area contributed by atoms with Crippen LogP contribution in [-0.2, 0) is 6.54 Å². The monoisotopic (exact) mass is 380 g/mol. The molecule has 0 aliphatic carbocycles. The molecule has 1 saturated heterocycles. The van der Waals surface area contributed by atoms with Crippen LogP contribution in [0.1, 0.15) is 17.9 Å². The highest BCUT2D eigenvalue weighted by Gasteiger charge is 2.18. The first-order valence-corrected chi connectivity index (χ1v) is 8.56. The smallest absolute Gasteiger partial charge is 0.280 e. The fraction of sp³-hybridized carbons (Fsp3) is 0.353. The fourth-order valence-electron chi connectivity index (χ4n) is 2.71. The summed E-state index contributed by atoms with van der Waals surface area (Å²) in [6, 6.07) is 8.90. The van der Waals surface area contributed by atoms with Gasteiger partial charge in [0, 0.05) is 43.1 Å². The molecule has 0 bridgehead atoms. The first-order chi connectivity index (χ1) is 12.5.